The Morgan fingerprint density at radius 1 is 1.62 bits per heavy atom. The Morgan fingerprint density at radius 3 is 3.00 bits per heavy atom. The molecule has 3 nitrogen and oxygen atoms in total. The van der Waals surface area contributed by atoms with Crippen LogP contribution in [0.3, 0.4) is 0 Å². The van der Waals surface area contributed by atoms with Crippen LogP contribution in [0.1, 0.15) is 17.4 Å². The molecule has 13 heavy (non-hydrogen) atoms. The molecule has 2 aromatic heterocycles. The Kier molecular flexibility index (Phi) is 1.98. The highest BCUT2D eigenvalue weighted by Crippen LogP contribution is 2.24. The Hall–Kier alpha value is -1.42. The lowest BCUT2D eigenvalue weighted by Crippen LogP contribution is -1.89. The summed E-state index contributed by atoms with van der Waals surface area (Å²) >= 11 is 1.56. The highest BCUT2D eigenvalue weighted by atomic mass is 32.1. The molecule has 0 radical (unpaired) electrons. The highest BCUT2D eigenvalue weighted by Gasteiger charge is 2.09. The fraction of sp³-hybridized carbons (Fsp3) is 0.111. The van der Waals surface area contributed by atoms with Crippen LogP contribution in [0.5, 0.6) is 0 Å². The number of hydrogen-bond donors (Lipinski definition) is 0. The number of aromatic nitrogens is 1. The maximum atomic E-state index is 10.9. The number of carbonyl (C=O) groups is 1. The van der Waals surface area contributed by atoms with Gasteiger partial charge < -0.3 is 4.52 Å². The lowest BCUT2D eigenvalue weighted by atomic mass is 10.3. The average molecular weight is 193 g/mol. The topological polar surface area (TPSA) is 43.1 Å². The second-order valence-corrected chi connectivity index (χ2v) is 3.56. The van der Waals surface area contributed by atoms with E-state index in [0.29, 0.717) is 11.5 Å². The third-order valence-corrected chi connectivity index (χ3v) is 2.52. The monoisotopic (exact) mass is 193 g/mol. The molecule has 2 rings (SSSR count). The number of thiophene rings is 1. The molecule has 2 heterocycles. The summed E-state index contributed by atoms with van der Waals surface area (Å²) < 4.78 is 5.01. The van der Waals surface area contributed by atoms with Gasteiger partial charge in [0.2, 0.25) is 0 Å². The minimum Gasteiger partial charge on any atom is -0.355 e. The average Bonchev–Trinajstić information content (AvgIpc) is 2.75. The molecule has 0 saturated heterocycles. The molecule has 0 amide bonds. The van der Waals surface area contributed by atoms with Gasteiger partial charge in [-0.15, -0.1) is 11.3 Å². The molecule has 4 heteroatoms. The first-order valence-corrected chi connectivity index (χ1v) is 4.67. The van der Waals surface area contributed by atoms with Crippen LogP contribution in [-0.4, -0.2) is 10.9 Å². The van der Waals surface area contributed by atoms with Crippen molar-refractivity contribution in [1.82, 2.24) is 5.16 Å². The Bertz CT molecular complexity index is 417. The van der Waals surface area contributed by atoms with Crippen LogP contribution >= 0.6 is 11.3 Å². The van der Waals surface area contributed by atoms with Crippen LogP contribution in [0.15, 0.2) is 28.1 Å². The van der Waals surface area contributed by atoms with Crippen molar-refractivity contribution in [1.29, 1.82) is 0 Å². The summed E-state index contributed by atoms with van der Waals surface area (Å²) in [5.41, 5.74) is 0.378. The van der Waals surface area contributed by atoms with Crippen LogP contribution in [0, 0.1) is 0 Å². The molecule has 0 aliphatic rings. The lowest BCUT2D eigenvalue weighted by Gasteiger charge is -1.82. The van der Waals surface area contributed by atoms with Crippen molar-refractivity contribution in [3.63, 3.8) is 0 Å². The van der Waals surface area contributed by atoms with E-state index in [9.17, 15) is 4.79 Å². The van der Waals surface area contributed by atoms with Crippen LogP contribution in [0.2, 0.25) is 0 Å². The SMILES string of the molecule is CC(=O)c1cc(-c2cccs2)on1. The van der Waals surface area contributed by atoms with Crippen LogP contribution < -0.4 is 0 Å². The molecule has 0 saturated carbocycles. The number of hydrogen-bond acceptors (Lipinski definition) is 4. The van der Waals surface area contributed by atoms with Crippen molar-refractivity contribution >= 4 is 17.1 Å². The fourth-order valence-corrected chi connectivity index (χ4v) is 1.65. The summed E-state index contributed by atoms with van der Waals surface area (Å²) in [5.74, 6) is 0.576. The van der Waals surface area contributed by atoms with Gasteiger partial charge in [0.05, 0.1) is 4.88 Å². The van der Waals surface area contributed by atoms with Crippen LogP contribution in [0.4, 0.5) is 0 Å². The van der Waals surface area contributed by atoms with Crippen molar-refractivity contribution < 1.29 is 9.32 Å². The zero-order valence-corrected chi connectivity index (χ0v) is 7.80. The van der Waals surface area contributed by atoms with Crippen LogP contribution in [-0.2, 0) is 0 Å². The Morgan fingerprint density at radius 2 is 2.46 bits per heavy atom. The van der Waals surface area contributed by atoms with Crippen molar-refractivity contribution in [3.05, 3.63) is 29.3 Å². The molecule has 0 unspecified atom stereocenters. The third kappa shape index (κ3) is 1.53. The minimum atomic E-state index is -0.0773. The van der Waals surface area contributed by atoms with Gasteiger partial charge in [-0.05, 0) is 11.4 Å². The van der Waals surface area contributed by atoms with Crippen molar-refractivity contribution in [3.8, 4) is 10.6 Å². The number of rotatable bonds is 2. The molecule has 0 fully saturated rings. The summed E-state index contributed by atoms with van der Waals surface area (Å²) in [6, 6.07) is 5.51. The largest absolute Gasteiger partial charge is 0.355 e. The molecule has 0 bridgehead atoms. The first-order chi connectivity index (χ1) is 6.27. The van der Waals surface area contributed by atoms with E-state index in [-0.39, 0.29) is 5.78 Å². The lowest BCUT2D eigenvalue weighted by molar-refractivity contribution is 0.100. The quantitative estimate of drug-likeness (QED) is 0.688. The molecule has 0 aromatic carbocycles. The summed E-state index contributed by atoms with van der Waals surface area (Å²) in [6.45, 7) is 1.47. The molecule has 2 aromatic rings. The van der Waals surface area contributed by atoms with Gasteiger partial charge in [0.25, 0.3) is 0 Å². The van der Waals surface area contributed by atoms with Gasteiger partial charge in [0, 0.05) is 13.0 Å². The predicted molar refractivity (Wildman–Crippen MR) is 49.8 cm³/mol. The van der Waals surface area contributed by atoms with Gasteiger partial charge in [0.15, 0.2) is 11.5 Å². The van der Waals surface area contributed by atoms with Gasteiger partial charge in [-0.3, -0.25) is 4.79 Å². The van der Waals surface area contributed by atoms with E-state index in [0.717, 1.165) is 4.88 Å². The number of ketones is 1. The minimum absolute atomic E-state index is 0.0773. The molecule has 0 aliphatic carbocycles. The molecular formula is C9H7NO2S. The Labute approximate surface area is 79.0 Å². The summed E-state index contributed by atoms with van der Waals surface area (Å²) in [5, 5.41) is 5.60. The van der Waals surface area contributed by atoms with E-state index in [2.05, 4.69) is 5.16 Å². The van der Waals surface area contributed by atoms with Crippen LogP contribution in [0.25, 0.3) is 10.6 Å². The predicted octanol–water partition coefficient (Wildman–Crippen LogP) is 2.61. The molecule has 0 aliphatic heterocycles. The van der Waals surface area contributed by atoms with E-state index in [1.54, 1.807) is 17.4 Å². The molecule has 66 valence electrons. The summed E-state index contributed by atoms with van der Waals surface area (Å²) in [6.07, 6.45) is 0. The fourth-order valence-electron chi connectivity index (χ4n) is 0.976. The van der Waals surface area contributed by atoms with Crippen molar-refractivity contribution in [2.45, 2.75) is 6.92 Å². The Balaban J connectivity index is 2.39. The summed E-state index contributed by atoms with van der Waals surface area (Å²) in [7, 11) is 0. The number of Topliss-reactive ketones (excluding diaryl/α,β-unsaturated/α-hetero) is 1. The van der Waals surface area contributed by atoms with E-state index < -0.39 is 0 Å². The molecule has 0 N–H and O–H groups in total. The first kappa shape index (κ1) is 8.19. The highest BCUT2D eigenvalue weighted by molar-refractivity contribution is 7.13. The second kappa shape index (κ2) is 3.14. The van der Waals surface area contributed by atoms with Gasteiger partial charge in [-0.25, -0.2) is 0 Å². The molecule has 0 spiro atoms. The van der Waals surface area contributed by atoms with Gasteiger partial charge >= 0.3 is 0 Å². The van der Waals surface area contributed by atoms with Crippen molar-refractivity contribution in [2.75, 3.05) is 0 Å². The molecular weight excluding hydrogens is 186 g/mol. The maximum absolute atomic E-state index is 10.9. The first-order valence-electron chi connectivity index (χ1n) is 3.79. The zero-order chi connectivity index (χ0) is 9.26. The van der Waals surface area contributed by atoms with E-state index in [4.69, 9.17) is 4.52 Å². The van der Waals surface area contributed by atoms with Crippen molar-refractivity contribution in [2.24, 2.45) is 0 Å². The normalized spacial score (nSPS) is 10.2. The zero-order valence-electron chi connectivity index (χ0n) is 6.98. The van der Waals surface area contributed by atoms with E-state index in [1.807, 2.05) is 17.5 Å². The summed E-state index contributed by atoms with van der Waals surface area (Å²) in [4.78, 5) is 11.9. The van der Waals surface area contributed by atoms with E-state index >= 15 is 0 Å². The van der Waals surface area contributed by atoms with Gasteiger partial charge in [0.1, 0.15) is 5.69 Å². The second-order valence-electron chi connectivity index (χ2n) is 2.61. The standard InChI is InChI=1S/C9H7NO2S/c1-6(11)7-5-8(12-10-7)9-3-2-4-13-9/h2-5H,1H3. The van der Waals surface area contributed by atoms with Gasteiger partial charge in [-0.1, -0.05) is 11.2 Å². The van der Waals surface area contributed by atoms with Gasteiger partial charge in [-0.2, -0.15) is 0 Å². The maximum Gasteiger partial charge on any atom is 0.181 e. The smallest absolute Gasteiger partial charge is 0.181 e. The van der Waals surface area contributed by atoms with E-state index in [1.165, 1.54) is 6.92 Å². The number of nitrogens with zero attached hydrogens (tertiary/aromatic N) is 1. The third-order valence-electron chi connectivity index (χ3n) is 1.63. The number of carbonyl (C=O) groups excluding carboxylic acids is 1. The molecule has 0 atom stereocenters.